The van der Waals surface area contributed by atoms with Crippen LogP contribution < -0.4 is 5.43 Å². The SMILES string of the molecule is Cc1ccc(C=NNc2c(F)c(F)c(F)c(F)c2F)cc1. The molecule has 0 saturated carbocycles. The first kappa shape index (κ1) is 15.0. The standard InChI is InChI=1S/C14H9F5N2/c1-7-2-4-8(5-3-7)6-20-21-14-12(18)10(16)9(15)11(17)13(14)19/h2-6,21H,1H3. The van der Waals surface area contributed by atoms with Gasteiger partial charge in [-0.05, 0) is 12.5 Å². The summed E-state index contributed by atoms with van der Waals surface area (Å²) in [6, 6.07) is 6.91. The van der Waals surface area contributed by atoms with Crippen LogP contribution in [0, 0.1) is 36.0 Å². The Kier molecular flexibility index (Phi) is 4.21. The minimum Gasteiger partial charge on any atom is -0.272 e. The second-order valence-electron chi connectivity index (χ2n) is 4.23. The molecule has 0 fully saturated rings. The molecular weight excluding hydrogens is 291 g/mol. The molecule has 0 radical (unpaired) electrons. The molecule has 0 unspecified atom stereocenters. The second kappa shape index (κ2) is 5.90. The number of hydrogen-bond acceptors (Lipinski definition) is 2. The summed E-state index contributed by atoms with van der Waals surface area (Å²) in [6.45, 7) is 1.87. The van der Waals surface area contributed by atoms with Gasteiger partial charge >= 0.3 is 0 Å². The molecule has 0 aliphatic rings. The first-order valence-electron chi connectivity index (χ1n) is 5.79. The summed E-state index contributed by atoms with van der Waals surface area (Å²) in [4.78, 5) is 0. The van der Waals surface area contributed by atoms with E-state index < -0.39 is 34.8 Å². The smallest absolute Gasteiger partial charge is 0.200 e. The van der Waals surface area contributed by atoms with Gasteiger partial charge in [0.15, 0.2) is 23.3 Å². The summed E-state index contributed by atoms with van der Waals surface area (Å²) in [6.07, 6.45) is 1.19. The van der Waals surface area contributed by atoms with Gasteiger partial charge in [-0.25, -0.2) is 22.0 Å². The summed E-state index contributed by atoms with van der Waals surface area (Å²) in [5.74, 6) is -10.2. The molecule has 7 heteroatoms. The van der Waals surface area contributed by atoms with Gasteiger partial charge in [0.25, 0.3) is 0 Å². The summed E-state index contributed by atoms with van der Waals surface area (Å²) >= 11 is 0. The van der Waals surface area contributed by atoms with Crippen molar-refractivity contribution in [3.8, 4) is 0 Å². The number of nitrogens with one attached hydrogen (secondary N) is 1. The Balaban J connectivity index is 2.26. The van der Waals surface area contributed by atoms with Gasteiger partial charge in [-0.1, -0.05) is 29.8 Å². The summed E-state index contributed by atoms with van der Waals surface area (Å²) < 4.78 is 65.4. The van der Waals surface area contributed by atoms with E-state index in [-0.39, 0.29) is 0 Å². The quantitative estimate of drug-likeness (QED) is 0.298. The largest absolute Gasteiger partial charge is 0.272 e. The highest BCUT2D eigenvalue weighted by Crippen LogP contribution is 2.26. The van der Waals surface area contributed by atoms with E-state index in [0.717, 1.165) is 5.56 Å². The van der Waals surface area contributed by atoms with E-state index in [0.29, 0.717) is 5.56 Å². The van der Waals surface area contributed by atoms with Crippen molar-refractivity contribution < 1.29 is 22.0 Å². The van der Waals surface area contributed by atoms with Gasteiger partial charge < -0.3 is 0 Å². The lowest BCUT2D eigenvalue weighted by atomic mass is 10.2. The van der Waals surface area contributed by atoms with Crippen molar-refractivity contribution in [3.05, 3.63) is 64.5 Å². The Bertz CT molecular complexity index is 666. The second-order valence-corrected chi connectivity index (χ2v) is 4.23. The van der Waals surface area contributed by atoms with Gasteiger partial charge in [0.2, 0.25) is 5.82 Å². The first-order chi connectivity index (χ1) is 9.91. The molecule has 21 heavy (non-hydrogen) atoms. The molecule has 1 N–H and O–H groups in total. The van der Waals surface area contributed by atoms with Crippen molar-refractivity contribution in [1.82, 2.24) is 0 Å². The number of nitrogens with zero attached hydrogens (tertiary/aromatic N) is 1. The first-order valence-corrected chi connectivity index (χ1v) is 5.79. The van der Waals surface area contributed by atoms with E-state index in [1.54, 1.807) is 24.3 Å². The van der Waals surface area contributed by atoms with Gasteiger partial charge in [-0.2, -0.15) is 5.10 Å². The number of hydrogen-bond donors (Lipinski definition) is 1. The number of hydrazone groups is 1. The lowest BCUT2D eigenvalue weighted by Crippen LogP contribution is -2.06. The van der Waals surface area contributed by atoms with Crippen LogP contribution in [0.2, 0.25) is 0 Å². The number of halogens is 5. The molecule has 0 atom stereocenters. The fourth-order valence-corrected chi connectivity index (χ4v) is 1.53. The Morgan fingerprint density at radius 2 is 1.29 bits per heavy atom. The molecule has 2 nitrogen and oxygen atoms in total. The van der Waals surface area contributed by atoms with Crippen LogP contribution in [0.4, 0.5) is 27.6 Å². The maximum Gasteiger partial charge on any atom is 0.200 e. The third kappa shape index (κ3) is 3.01. The lowest BCUT2D eigenvalue weighted by Gasteiger charge is -2.06. The number of aryl methyl sites for hydroxylation is 1. The zero-order valence-corrected chi connectivity index (χ0v) is 10.7. The topological polar surface area (TPSA) is 24.4 Å². The molecule has 0 bridgehead atoms. The third-order valence-corrected chi connectivity index (χ3v) is 2.68. The van der Waals surface area contributed by atoms with Gasteiger partial charge in [0.05, 0.1) is 6.21 Å². The average Bonchev–Trinajstić information content (AvgIpc) is 2.48. The molecule has 2 aromatic carbocycles. The minimum absolute atomic E-state index is 0.594. The Labute approximate surface area is 116 Å². The minimum atomic E-state index is -2.21. The third-order valence-electron chi connectivity index (χ3n) is 2.68. The molecule has 0 saturated heterocycles. The van der Waals surface area contributed by atoms with Crippen LogP contribution >= 0.6 is 0 Å². The van der Waals surface area contributed by atoms with Crippen molar-refractivity contribution in [2.75, 3.05) is 5.43 Å². The zero-order chi connectivity index (χ0) is 15.6. The Morgan fingerprint density at radius 3 is 1.81 bits per heavy atom. The molecule has 0 aliphatic carbocycles. The van der Waals surface area contributed by atoms with E-state index in [2.05, 4.69) is 5.10 Å². The molecular formula is C14H9F5N2. The summed E-state index contributed by atoms with van der Waals surface area (Å²) in [5.41, 5.74) is 2.22. The summed E-state index contributed by atoms with van der Waals surface area (Å²) in [5, 5.41) is 3.46. The predicted molar refractivity (Wildman–Crippen MR) is 68.6 cm³/mol. The number of anilines is 1. The maximum atomic E-state index is 13.3. The van der Waals surface area contributed by atoms with Crippen LogP contribution in [-0.2, 0) is 0 Å². The van der Waals surface area contributed by atoms with Crippen molar-refractivity contribution in [1.29, 1.82) is 0 Å². The maximum absolute atomic E-state index is 13.3. The highest BCUT2D eigenvalue weighted by Gasteiger charge is 2.25. The van der Waals surface area contributed by atoms with Crippen molar-refractivity contribution in [3.63, 3.8) is 0 Å². The number of rotatable bonds is 3. The predicted octanol–water partition coefficient (Wildman–Crippen LogP) is 4.14. The van der Waals surface area contributed by atoms with E-state index in [9.17, 15) is 22.0 Å². The highest BCUT2D eigenvalue weighted by molar-refractivity contribution is 5.80. The van der Waals surface area contributed by atoms with Gasteiger partial charge in [0.1, 0.15) is 5.69 Å². The Hall–Kier alpha value is -2.44. The fraction of sp³-hybridized carbons (Fsp3) is 0.0714. The van der Waals surface area contributed by atoms with E-state index in [1.165, 1.54) is 6.21 Å². The van der Waals surface area contributed by atoms with E-state index in [4.69, 9.17) is 0 Å². The van der Waals surface area contributed by atoms with Gasteiger partial charge in [-0.15, -0.1) is 0 Å². The summed E-state index contributed by atoms with van der Waals surface area (Å²) in [7, 11) is 0. The molecule has 110 valence electrons. The van der Waals surface area contributed by atoms with E-state index >= 15 is 0 Å². The van der Waals surface area contributed by atoms with Crippen molar-refractivity contribution >= 4 is 11.9 Å². The van der Waals surface area contributed by atoms with Crippen LogP contribution in [0.15, 0.2) is 29.4 Å². The zero-order valence-electron chi connectivity index (χ0n) is 10.7. The molecule has 0 aromatic heterocycles. The molecule has 0 amide bonds. The average molecular weight is 300 g/mol. The van der Waals surface area contributed by atoms with Crippen molar-refractivity contribution in [2.24, 2.45) is 5.10 Å². The Morgan fingerprint density at radius 1 is 0.810 bits per heavy atom. The lowest BCUT2D eigenvalue weighted by molar-refractivity contribution is 0.381. The number of benzene rings is 2. The van der Waals surface area contributed by atoms with Crippen LogP contribution in [0.25, 0.3) is 0 Å². The molecule has 0 aliphatic heterocycles. The molecule has 0 spiro atoms. The molecule has 0 heterocycles. The van der Waals surface area contributed by atoms with Crippen LogP contribution in [0.1, 0.15) is 11.1 Å². The fourth-order valence-electron chi connectivity index (χ4n) is 1.53. The van der Waals surface area contributed by atoms with Crippen molar-refractivity contribution in [2.45, 2.75) is 6.92 Å². The molecule has 2 rings (SSSR count). The molecule has 2 aromatic rings. The monoisotopic (exact) mass is 300 g/mol. The van der Waals surface area contributed by atoms with Gasteiger partial charge in [0, 0.05) is 0 Å². The normalized spacial score (nSPS) is 11.1. The highest BCUT2D eigenvalue weighted by atomic mass is 19.2. The van der Waals surface area contributed by atoms with Crippen LogP contribution in [-0.4, -0.2) is 6.21 Å². The van der Waals surface area contributed by atoms with Crippen LogP contribution in [0.3, 0.4) is 0 Å². The van der Waals surface area contributed by atoms with Crippen LogP contribution in [0.5, 0.6) is 0 Å². The van der Waals surface area contributed by atoms with E-state index in [1.807, 2.05) is 12.3 Å². The van der Waals surface area contributed by atoms with Gasteiger partial charge in [-0.3, -0.25) is 5.43 Å².